The molecule has 0 saturated carbocycles. The maximum absolute atomic E-state index is 12.8. The van der Waals surface area contributed by atoms with Crippen LogP contribution in [0.5, 0.6) is 11.5 Å². The first-order valence-corrected chi connectivity index (χ1v) is 15.0. The molecule has 3 aromatic rings. The summed E-state index contributed by atoms with van der Waals surface area (Å²) in [5.41, 5.74) is 5.32. The van der Waals surface area contributed by atoms with Crippen molar-refractivity contribution in [3.63, 3.8) is 0 Å². The maximum atomic E-state index is 12.8. The molecule has 0 aliphatic carbocycles. The van der Waals surface area contributed by atoms with E-state index in [1.165, 1.54) is 6.21 Å². The minimum atomic E-state index is -0.643. The molecule has 3 aromatic carbocycles. The molecule has 0 spiro atoms. The second-order valence-corrected chi connectivity index (χ2v) is 11.2. The first-order chi connectivity index (χ1) is 20.7. The summed E-state index contributed by atoms with van der Waals surface area (Å²) in [7, 11) is 0. The van der Waals surface area contributed by atoms with Gasteiger partial charge in [-0.1, -0.05) is 59.6 Å². The molecule has 0 fully saturated rings. The van der Waals surface area contributed by atoms with Crippen LogP contribution in [-0.2, 0) is 20.9 Å². The molecule has 1 aliphatic rings. The molecule has 9 nitrogen and oxygen atoms in total. The number of esters is 1. The predicted molar refractivity (Wildman–Crippen MR) is 174 cm³/mol. The third-order valence-electron chi connectivity index (χ3n) is 6.11. The zero-order chi connectivity index (χ0) is 30.9. The second kappa shape index (κ2) is 15.2. The molecular weight excluding hydrogens is 679 g/mol. The molecule has 1 atom stereocenters. The average Bonchev–Trinajstić information content (AvgIpc) is 2.96. The number of nitrogens with one attached hydrogen (secondary N) is 3. The number of benzene rings is 3. The zero-order valence-electron chi connectivity index (χ0n) is 23.1. The van der Waals surface area contributed by atoms with E-state index in [0.29, 0.717) is 53.5 Å². The van der Waals surface area contributed by atoms with E-state index in [-0.39, 0.29) is 19.8 Å². The van der Waals surface area contributed by atoms with Gasteiger partial charge in [-0.15, -0.1) is 0 Å². The van der Waals surface area contributed by atoms with Gasteiger partial charge >= 0.3 is 5.97 Å². The van der Waals surface area contributed by atoms with Crippen LogP contribution in [0.2, 0.25) is 10.0 Å². The fourth-order valence-electron chi connectivity index (χ4n) is 4.20. The van der Waals surface area contributed by atoms with Crippen LogP contribution in [0.25, 0.3) is 0 Å². The molecule has 4 rings (SSSR count). The number of thiocarbonyl (C=S) groups is 1. The first kappa shape index (κ1) is 32.3. The Labute approximate surface area is 272 Å². The molecule has 0 radical (unpaired) electrons. The molecule has 1 aliphatic heterocycles. The van der Waals surface area contributed by atoms with Crippen molar-refractivity contribution >= 4 is 74.6 Å². The molecule has 0 bridgehead atoms. The molecule has 0 aromatic heterocycles. The topological polar surface area (TPSA) is 110 Å². The van der Waals surface area contributed by atoms with Gasteiger partial charge in [-0.3, -0.25) is 4.79 Å². The highest BCUT2D eigenvalue weighted by molar-refractivity contribution is 9.10. The van der Waals surface area contributed by atoms with Crippen LogP contribution in [0.15, 0.2) is 81.5 Å². The Morgan fingerprint density at radius 3 is 2.63 bits per heavy atom. The van der Waals surface area contributed by atoms with Gasteiger partial charge in [-0.25, -0.2) is 10.2 Å². The SMILES string of the molecule is CCOC(=O)C1=C(C)NC(=S)N[C@@H]1c1ccccc1OCC(=O)NN=Cc1cc(Cl)cc(Br)c1OCc1ccccc1Cl. The summed E-state index contributed by atoms with van der Waals surface area (Å²) in [5.74, 6) is -0.151. The van der Waals surface area contributed by atoms with Gasteiger partial charge in [-0.05, 0) is 66.3 Å². The van der Waals surface area contributed by atoms with E-state index in [0.717, 1.165) is 5.56 Å². The number of ether oxygens (including phenoxy) is 3. The predicted octanol–water partition coefficient (Wildman–Crippen LogP) is 6.22. The van der Waals surface area contributed by atoms with Gasteiger partial charge < -0.3 is 24.8 Å². The van der Waals surface area contributed by atoms with E-state index in [2.05, 4.69) is 37.1 Å². The van der Waals surface area contributed by atoms with E-state index >= 15 is 0 Å². The van der Waals surface area contributed by atoms with Crippen LogP contribution in [0.1, 0.15) is 36.6 Å². The Bertz CT molecular complexity index is 1600. The Kier molecular flexibility index (Phi) is 11.4. The smallest absolute Gasteiger partial charge is 0.338 e. The minimum absolute atomic E-state index is 0.212. The van der Waals surface area contributed by atoms with Crippen molar-refractivity contribution in [2.75, 3.05) is 13.2 Å². The lowest BCUT2D eigenvalue weighted by atomic mass is 9.95. The number of nitrogens with zero attached hydrogens (tertiary/aromatic N) is 1. The molecule has 0 saturated heterocycles. The van der Waals surface area contributed by atoms with Crippen molar-refractivity contribution < 1.29 is 23.8 Å². The average molecular weight is 706 g/mol. The van der Waals surface area contributed by atoms with Gasteiger partial charge in [-0.2, -0.15) is 5.10 Å². The van der Waals surface area contributed by atoms with Gasteiger partial charge in [0.05, 0.1) is 28.9 Å². The van der Waals surface area contributed by atoms with Crippen LogP contribution in [-0.4, -0.2) is 36.4 Å². The number of carbonyl (C=O) groups is 2. The summed E-state index contributed by atoms with van der Waals surface area (Å²) >= 11 is 21.3. The molecule has 13 heteroatoms. The van der Waals surface area contributed by atoms with Crippen molar-refractivity contribution in [2.24, 2.45) is 5.10 Å². The lowest BCUT2D eigenvalue weighted by molar-refractivity contribution is -0.139. The number of halogens is 3. The zero-order valence-corrected chi connectivity index (χ0v) is 27.0. The summed E-state index contributed by atoms with van der Waals surface area (Å²) < 4.78 is 17.7. The maximum Gasteiger partial charge on any atom is 0.338 e. The van der Waals surface area contributed by atoms with Gasteiger partial charge in [0.1, 0.15) is 18.1 Å². The Hall–Kier alpha value is -3.64. The van der Waals surface area contributed by atoms with Crippen LogP contribution < -0.4 is 25.5 Å². The Morgan fingerprint density at radius 1 is 1.12 bits per heavy atom. The highest BCUT2D eigenvalue weighted by Crippen LogP contribution is 2.34. The van der Waals surface area contributed by atoms with E-state index in [4.69, 9.17) is 49.6 Å². The van der Waals surface area contributed by atoms with E-state index < -0.39 is 17.9 Å². The molecule has 0 unspecified atom stereocenters. The normalized spacial score (nSPS) is 14.6. The molecule has 1 heterocycles. The van der Waals surface area contributed by atoms with Crippen molar-refractivity contribution in [1.82, 2.24) is 16.1 Å². The number of hydrogen-bond donors (Lipinski definition) is 3. The Balaban J connectivity index is 1.44. The van der Waals surface area contributed by atoms with E-state index in [1.807, 2.05) is 18.2 Å². The minimum Gasteiger partial charge on any atom is -0.487 e. The molecule has 224 valence electrons. The summed E-state index contributed by atoms with van der Waals surface area (Å²) in [5, 5.41) is 11.5. The number of allylic oxidation sites excluding steroid dienone is 1. The quantitative estimate of drug-likeness (QED) is 0.0934. The summed E-state index contributed by atoms with van der Waals surface area (Å²) in [6.45, 7) is 3.55. The summed E-state index contributed by atoms with van der Waals surface area (Å²) in [6, 6.07) is 17.1. The largest absolute Gasteiger partial charge is 0.487 e. The van der Waals surface area contributed by atoms with Gasteiger partial charge in [0.25, 0.3) is 5.91 Å². The fraction of sp³-hybridized carbons (Fsp3) is 0.200. The van der Waals surface area contributed by atoms with Crippen LogP contribution in [0.3, 0.4) is 0 Å². The lowest BCUT2D eigenvalue weighted by Gasteiger charge is -2.30. The monoisotopic (exact) mass is 704 g/mol. The highest BCUT2D eigenvalue weighted by Gasteiger charge is 2.32. The fourth-order valence-corrected chi connectivity index (χ4v) is 5.61. The number of hydrogen-bond acceptors (Lipinski definition) is 7. The lowest BCUT2D eigenvalue weighted by Crippen LogP contribution is -2.45. The van der Waals surface area contributed by atoms with Crippen LogP contribution >= 0.6 is 51.3 Å². The van der Waals surface area contributed by atoms with E-state index in [1.54, 1.807) is 56.3 Å². The van der Waals surface area contributed by atoms with Gasteiger partial charge in [0.15, 0.2) is 11.7 Å². The van der Waals surface area contributed by atoms with Crippen molar-refractivity contribution in [2.45, 2.75) is 26.5 Å². The van der Waals surface area contributed by atoms with Crippen molar-refractivity contribution in [1.29, 1.82) is 0 Å². The third kappa shape index (κ3) is 8.47. The van der Waals surface area contributed by atoms with Crippen LogP contribution in [0, 0.1) is 0 Å². The third-order valence-corrected chi connectivity index (χ3v) is 7.51. The summed E-state index contributed by atoms with van der Waals surface area (Å²) in [4.78, 5) is 25.4. The van der Waals surface area contributed by atoms with Gasteiger partial charge in [0.2, 0.25) is 0 Å². The standard InChI is InChI=1S/C30H27BrCl2N4O5S/c1-3-40-29(39)26-17(2)35-30(43)36-27(26)21-9-5-7-11-24(21)41-16-25(38)37-34-14-19-12-20(32)13-22(31)28(19)42-15-18-8-4-6-10-23(18)33/h4-14,27H,3,15-16H2,1-2H3,(H,37,38)(H2,35,36,43)/t27-/m1/s1. The number of rotatable bonds is 11. The van der Waals surface area contributed by atoms with E-state index in [9.17, 15) is 9.59 Å². The number of carbonyl (C=O) groups excluding carboxylic acids is 2. The van der Waals surface area contributed by atoms with Crippen molar-refractivity contribution in [3.05, 3.63) is 103 Å². The summed E-state index contributed by atoms with van der Waals surface area (Å²) in [6.07, 6.45) is 1.42. The Morgan fingerprint density at radius 2 is 1.86 bits per heavy atom. The first-order valence-electron chi connectivity index (χ1n) is 13.0. The number of para-hydroxylation sites is 1. The van der Waals surface area contributed by atoms with Gasteiger partial charge in [0, 0.05) is 32.4 Å². The number of amides is 1. The molecular formula is C30H27BrCl2N4O5S. The van der Waals surface area contributed by atoms with Crippen molar-refractivity contribution in [3.8, 4) is 11.5 Å². The number of hydrazone groups is 1. The second-order valence-electron chi connectivity index (χ2n) is 9.10. The highest BCUT2D eigenvalue weighted by atomic mass is 79.9. The molecule has 1 amide bonds. The van der Waals surface area contributed by atoms with Crippen LogP contribution in [0.4, 0.5) is 0 Å². The molecule has 43 heavy (non-hydrogen) atoms. The molecule has 3 N–H and O–H groups in total.